The van der Waals surface area contributed by atoms with Gasteiger partial charge in [-0.05, 0) is 57.0 Å². The molecule has 0 radical (unpaired) electrons. The van der Waals surface area contributed by atoms with Crippen LogP contribution in [0, 0.1) is 0 Å². The van der Waals surface area contributed by atoms with Crippen LogP contribution in [0.15, 0.2) is 163 Å². The minimum Gasteiger partial charge on any atom is -0.398 e. The molecule has 0 saturated heterocycles. The Morgan fingerprint density at radius 3 is 1.77 bits per heavy atom. The number of nitrogens with zero attached hydrogens (tertiary/aromatic N) is 1. The third-order valence-corrected chi connectivity index (χ3v) is 8.85. The quantitative estimate of drug-likeness (QED) is 0.0955. The predicted octanol–water partition coefficient (Wildman–Crippen LogP) is 8.72. The molecule has 6 aromatic carbocycles. The largest absolute Gasteiger partial charge is 0.398 e. The predicted molar refractivity (Wildman–Crippen MR) is 198 cm³/mol. The minimum atomic E-state index is -0.416. The second-order valence-corrected chi connectivity index (χ2v) is 11.6. The zero-order chi connectivity index (χ0) is 32.6. The maximum absolute atomic E-state index is 6.49. The SMILES string of the molecule is C/C=C\c1cccc(CN=C(N)c2ccc(C3(c4ccccc4)c4ccccc4-c4ccccc43)cc2)c1N.NCc1ccccc1. The van der Waals surface area contributed by atoms with Gasteiger partial charge in [-0.15, -0.1) is 0 Å². The molecule has 0 bridgehead atoms. The average Bonchev–Trinajstić information content (AvgIpc) is 3.44. The van der Waals surface area contributed by atoms with Crippen molar-refractivity contribution in [1.29, 1.82) is 0 Å². The molecule has 0 amide bonds. The topological polar surface area (TPSA) is 90.4 Å². The lowest BCUT2D eigenvalue weighted by Crippen LogP contribution is -2.28. The first-order valence-electron chi connectivity index (χ1n) is 16.0. The molecule has 4 heteroatoms. The standard InChI is InChI=1S/C36H31N3.C7H9N/c1-2-11-25-12-10-13-27(34(25)37)24-39-35(38)26-20-22-29(23-21-26)36(28-14-4-3-5-15-28)32-18-8-6-16-30(32)31-17-7-9-19-33(31)36;8-6-7-4-2-1-3-5-7/h2-23H,24,37H2,1H3,(H2,38,39);1-5H,6,8H2/b11-2-;. The smallest absolute Gasteiger partial charge is 0.125 e. The van der Waals surface area contributed by atoms with Crippen molar-refractivity contribution in [3.05, 3.63) is 202 Å². The number of nitrogen functional groups attached to an aromatic ring is 1. The third kappa shape index (κ3) is 6.11. The third-order valence-electron chi connectivity index (χ3n) is 8.85. The summed E-state index contributed by atoms with van der Waals surface area (Å²) in [7, 11) is 0. The minimum absolute atomic E-state index is 0.416. The molecule has 1 aliphatic carbocycles. The highest BCUT2D eigenvalue weighted by molar-refractivity contribution is 5.97. The summed E-state index contributed by atoms with van der Waals surface area (Å²) in [6.45, 7) is 3.05. The highest BCUT2D eigenvalue weighted by Crippen LogP contribution is 2.55. The van der Waals surface area contributed by atoms with Gasteiger partial charge in [0.1, 0.15) is 5.84 Å². The molecule has 0 saturated carbocycles. The van der Waals surface area contributed by atoms with Crippen molar-refractivity contribution in [3.8, 4) is 11.1 Å². The molecule has 47 heavy (non-hydrogen) atoms. The van der Waals surface area contributed by atoms with E-state index in [1.165, 1.54) is 38.9 Å². The molecule has 0 unspecified atom stereocenters. The van der Waals surface area contributed by atoms with Gasteiger partial charge in [0.25, 0.3) is 0 Å². The van der Waals surface area contributed by atoms with Crippen molar-refractivity contribution in [2.45, 2.75) is 25.4 Å². The molecular formula is C43H40N4. The number of nitrogens with two attached hydrogens (primary N) is 3. The summed E-state index contributed by atoms with van der Waals surface area (Å²) < 4.78 is 0. The first kappa shape index (κ1) is 31.3. The van der Waals surface area contributed by atoms with Crippen LogP contribution in [-0.2, 0) is 18.5 Å². The first-order chi connectivity index (χ1) is 23.1. The van der Waals surface area contributed by atoms with E-state index >= 15 is 0 Å². The van der Waals surface area contributed by atoms with Crippen LogP contribution in [0.4, 0.5) is 5.69 Å². The van der Waals surface area contributed by atoms with Gasteiger partial charge in [-0.2, -0.15) is 0 Å². The number of amidine groups is 1. The van der Waals surface area contributed by atoms with Gasteiger partial charge in [0.05, 0.1) is 12.0 Å². The number of aliphatic imine (C=N–C) groups is 1. The number of para-hydroxylation sites is 1. The van der Waals surface area contributed by atoms with Crippen molar-refractivity contribution < 1.29 is 0 Å². The van der Waals surface area contributed by atoms with Crippen LogP contribution in [-0.4, -0.2) is 5.84 Å². The van der Waals surface area contributed by atoms with E-state index in [0.29, 0.717) is 18.9 Å². The Kier molecular flexibility index (Phi) is 9.42. The van der Waals surface area contributed by atoms with Gasteiger partial charge < -0.3 is 17.2 Å². The van der Waals surface area contributed by atoms with Gasteiger partial charge in [0.2, 0.25) is 0 Å². The first-order valence-corrected chi connectivity index (χ1v) is 16.0. The average molecular weight is 613 g/mol. The van der Waals surface area contributed by atoms with Crippen LogP contribution in [0.5, 0.6) is 0 Å². The van der Waals surface area contributed by atoms with Crippen LogP contribution in [0.2, 0.25) is 0 Å². The van der Waals surface area contributed by atoms with Crippen LogP contribution < -0.4 is 17.2 Å². The highest BCUT2D eigenvalue weighted by Gasteiger charge is 2.45. The van der Waals surface area contributed by atoms with Crippen molar-refractivity contribution >= 4 is 17.6 Å². The normalized spacial score (nSPS) is 13.0. The van der Waals surface area contributed by atoms with E-state index in [1.807, 2.05) is 67.6 Å². The number of allylic oxidation sites excluding steroid dienone is 1. The molecule has 7 rings (SSSR count). The number of anilines is 1. The molecule has 1 aliphatic rings. The Morgan fingerprint density at radius 2 is 1.19 bits per heavy atom. The molecule has 0 fully saturated rings. The van der Waals surface area contributed by atoms with Crippen LogP contribution in [0.25, 0.3) is 17.2 Å². The lowest BCUT2D eigenvalue weighted by molar-refractivity contribution is 0.768. The van der Waals surface area contributed by atoms with E-state index in [0.717, 1.165) is 22.4 Å². The number of benzene rings is 6. The summed E-state index contributed by atoms with van der Waals surface area (Å²) in [4.78, 5) is 4.69. The molecule has 0 atom stereocenters. The molecule has 4 nitrogen and oxygen atoms in total. The van der Waals surface area contributed by atoms with Crippen LogP contribution >= 0.6 is 0 Å². The molecule has 232 valence electrons. The van der Waals surface area contributed by atoms with E-state index < -0.39 is 5.41 Å². The summed E-state index contributed by atoms with van der Waals surface area (Å²) in [5.41, 5.74) is 30.2. The van der Waals surface area contributed by atoms with Crippen molar-refractivity contribution in [2.24, 2.45) is 16.5 Å². The number of rotatable bonds is 7. The molecule has 6 aromatic rings. The zero-order valence-corrected chi connectivity index (χ0v) is 26.7. The summed E-state index contributed by atoms with van der Waals surface area (Å²) in [5.74, 6) is 0.498. The van der Waals surface area contributed by atoms with Gasteiger partial charge in [-0.3, -0.25) is 4.99 Å². The fourth-order valence-corrected chi connectivity index (χ4v) is 6.57. The van der Waals surface area contributed by atoms with Crippen molar-refractivity contribution in [2.75, 3.05) is 5.73 Å². The summed E-state index contributed by atoms with van der Waals surface area (Å²) >= 11 is 0. The fourth-order valence-electron chi connectivity index (χ4n) is 6.57. The fraction of sp³-hybridized carbons (Fsp3) is 0.0930. The van der Waals surface area contributed by atoms with Gasteiger partial charge >= 0.3 is 0 Å². The van der Waals surface area contributed by atoms with E-state index in [-0.39, 0.29) is 0 Å². The van der Waals surface area contributed by atoms with E-state index in [9.17, 15) is 0 Å². The van der Waals surface area contributed by atoms with E-state index in [4.69, 9.17) is 22.2 Å². The maximum Gasteiger partial charge on any atom is 0.125 e. The molecule has 6 N–H and O–H groups in total. The Morgan fingerprint density at radius 1 is 0.638 bits per heavy atom. The zero-order valence-electron chi connectivity index (χ0n) is 26.7. The highest BCUT2D eigenvalue weighted by atomic mass is 14.9. The van der Waals surface area contributed by atoms with E-state index in [1.54, 1.807) is 0 Å². The molecule has 0 aliphatic heterocycles. The molecule has 0 aromatic heterocycles. The Labute approximate surface area is 277 Å². The summed E-state index contributed by atoms with van der Waals surface area (Å²) in [6.07, 6.45) is 3.99. The number of hydrogen-bond acceptors (Lipinski definition) is 3. The molecular weight excluding hydrogens is 573 g/mol. The van der Waals surface area contributed by atoms with Crippen LogP contribution in [0.1, 0.15) is 51.4 Å². The van der Waals surface area contributed by atoms with Gasteiger partial charge in [0.15, 0.2) is 0 Å². The monoisotopic (exact) mass is 612 g/mol. The Balaban J connectivity index is 0.000000424. The number of fused-ring (bicyclic) bond motifs is 3. The van der Waals surface area contributed by atoms with Gasteiger partial charge in [0, 0.05) is 17.8 Å². The summed E-state index contributed by atoms with van der Waals surface area (Å²) in [6, 6.07) is 52.9. The van der Waals surface area contributed by atoms with Crippen molar-refractivity contribution in [1.82, 2.24) is 0 Å². The summed E-state index contributed by atoms with van der Waals surface area (Å²) in [5, 5.41) is 0. The number of hydrogen-bond donors (Lipinski definition) is 3. The lowest BCUT2D eigenvalue weighted by Gasteiger charge is -2.34. The maximum atomic E-state index is 6.49. The molecule has 0 heterocycles. The van der Waals surface area contributed by atoms with Crippen molar-refractivity contribution in [3.63, 3.8) is 0 Å². The lowest BCUT2D eigenvalue weighted by atomic mass is 9.67. The van der Waals surface area contributed by atoms with Gasteiger partial charge in [-0.25, -0.2) is 0 Å². The Hall–Kier alpha value is -5.71. The molecule has 0 spiro atoms. The second-order valence-electron chi connectivity index (χ2n) is 11.6. The second kappa shape index (κ2) is 14.2. The van der Waals surface area contributed by atoms with Gasteiger partial charge in [-0.1, -0.05) is 164 Å². The van der Waals surface area contributed by atoms with Crippen LogP contribution in [0.3, 0.4) is 0 Å². The van der Waals surface area contributed by atoms with E-state index in [2.05, 4.69) is 103 Å². The Bertz CT molecular complexity index is 1960.